The highest BCUT2D eigenvalue weighted by atomic mass is 16.3. The maximum Gasteiger partial charge on any atom is 0.143 e. The summed E-state index contributed by atoms with van der Waals surface area (Å²) in [6.07, 6.45) is 0. The van der Waals surface area contributed by atoms with Crippen LogP contribution in [-0.4, -0.2) is 0 Å². The molecule has 1 heterocycles. The first-order valence-electron chi connectivity index (χ1n) is 17.1. The molecule has 0 atom stereocenters. The third kappa shape index (κ3) is 4.43. The summed E-state index contributed by atoms with van der Waals surface area (Å²) in [5.74, 6) is 0. The second-order valence-corrected chi connectivity index (χ2v) is 12.8. The lowest BCUT2D eigenvalue weighted by Gasteiger charge is -2.29. The molecule has 0 aliphatic heterocycles. The molecule has 9 aromatic carbocycles. The molecule has 0 aliphatic carbocycles. The van der Waals surface area contributed by atoms with Gasteiger partial charge in [0.2, 0.25) is 0 Å². The summed E-state index contributed by atoms with van der Waals surface area (Å²) in [6, 6.07) is 67.4. The Morgan fingerprint density at radius 2 is 0.900 bits per heavy atom. The molecule has 0 unspecified atom stereocenters. The van der Waals surface area contributed by atoms with Crippen molar-refractivity contribution in [3.8, 4) is 22.3 Å². The Labute approximate surface area is 290 Å². The Hall–Kier alpha value is -6.64. The minimum atomic E-state index is 0.861. The van der Waals surface area contributed by atoms with Crippen LogP contribution in [0.4, 0.5) is 17.1 Å². The minimum Gasteiger partial charge on any atom is -0.455 e. The van der Waals surface area contributed by atoms with Crippen LogP contribution in [0.25, 0.3) is 76.5 Å². The van der Waals surface area contributed by atoms with Crippen molar-refractivity contribution in [1.82, 2.24) is 0 Å². The van der Waals surface area contributed by atoms with E-state index >= 15 is 0 Å². The summed E-state index contributed by atoms with van der Waals surface area (Å²) in [5.41, 5.74) is 9.79. The number of furan rings is 1. The van der Waals surface area contributed by atoms with Gasteiger partial charge in [-0.2, -0.15) is 0 Å². The lowest BCUT2D eigenvalue weighted by atomic mass is 9.92. The summed E-state index contributed by atoms with van der Waals surface area (Å²) < 4.78 is 6.88. The molecule has 0 radical (unpaired) electrons. The Bertz CT molecular complexity index is 2870. The Morgan fingerprint density at radius 1 is 0.340 bits per heavy atom. The highest BCUT2D eigenvalue weighted by Crippen LogP contribution is 2.49. The molecule has 0 saturated carbocycles. The smallest absolute Gasteiger partial charge is 0.143 e. The largest absolute Gasteiger partial charge is 0.455 e. The first-order chi connectivity index (χ1) is 24.8. The average molecular weight is 638 g/mol. The molecule has 0 aliphatic rings. The first-order valence-corrected chi connectivity index (χ1v) is 17.1. The van der Waals surface area contributed by atoms with Gasteiger partial charge in [0.05, 0.1) is 22.4 Å². The van der Waals surface area contributed by atoms with Gasteiger partial charge in [-0.15, -0.1) is 0 Å². The van der Waals surface area contributed by atoms with E-state index in [2.05, 4.69) is 193 Å². The molecule has 50 heavy (non-hydrogen) atoms. The van der Waals surface area contributed by atoms with Gasteiger partial charge in [0.25, 0.3) is 0 Å². The van der Waals surface area contributed by atoms with E-state index in [-0.39, 0.29) is 0 Å². The molecule has 0 fully saturated rings. The molecule has 0 saturated heterocycles. The lowest BCUT2D eigenvalue weighted by molar-refractivity contribution is 0.672. The molecule has 0 N–H and O–H groups in total. The van der Waals surface area contributed by atoms with Gasteiger partial charge in [0.1, 0.15) is 11.2 Å². The Morgan fingerprint density at radius 3 is 1.74 bits per heavy atom. The number of hydrogen-bond donors (Lipinski definition) is 0. The van der Waals surface area contributed by atoms with Crippen LogP contribution in [0, 0.1) is 0 Å². The van der Waals surface area contributed by atoms with E-state index in [0.717, 1.165) is 50.0 Å². The van der Waals surface area contributed by atoms with Crippen molar-refractivity contribution in [2.45, 2.75) is 0 Å². The topological polar surface area (TPSA) is 16.4 Å². The van der Waals surface area contributed by atoms with Crippen LogP contribution in [0.1, 0.15) is 0 Å². The first kappa shape index (κ1) is 28.4. The minimum absolute atomic E-state index is 0.861. The fraction of sp³-hybridized carbons (Fsp3) is 0. The lowest BCUT2D eigenvalue weighted by Crippen LogP contribution is -2.12. The summed E-state index contributed by atoms with van der Waals surface area (Å²) in [5, 5.41) is 9.32. The van der Waals surface area contributed by atoms with Crippen LogP contribution >= 0.6 is 0 Å². The van der Waals surface area contributed by atoms with Crippen molar-refractivity contribution >= 4 is 71.3 Å². The maximum absolute atomic E-state index is 6.88. The number of rotatable bonds is 5. The number of fused-ring (bicyclic) bond motifs is 7. The van der Waals surface area contributed by atoms with Crippen LogP contribution < -0.4 is 4.90 Å². The van der Waals surface area contributed by atoms with Crippen molar-refractivity contribution in [1.29, 1.82) is 0 Å². The van der Waals surface area contributed by atoms with Gasteiger partial charge in [0.15, 0.2) is 0 Å². The zero-order valence-electron chi connectivity index (χ0n) is 27.3. The van der Waals surface area contributed by atoms with Gasteiger partial charge < -0.3 is 9.32 Å². The number of para-hydroxylation sites is 1. The van der Waals surface area contributed by atoms with Crippen LogP contribution in [0.5, 0.6) is 0 Å². The monoisotopic (exact) mass is 637 g/mol. The molecule has 234 valence electrons. The molecule has 2 nitrogen and oxygen atoms in total. The number of benzene rings is 9. The molecule has 0 bridgehead atoms. The molecule has 0 amide bonds. The standard InChI is InChI=1S/C48H31NO/c1-2-15-33(16-3-1)36-23-10-11-27-43(36)49(44-28-13-20-34-18-5-7-22-37(34)44)45-29-14-30-46-47(45)42-31-41(39-24-8-9-25-40(39)48(42)50-46)38-26-12-19-32-17-4-6-21-35(32)38/h1-31H. The predicted molar refractivity (Wildman–Crippen MR) is 212 cm³/mol. The third-order valence-corrected chi connectivity index (χ3v) is 10.0. The van der Waals surface area contributed by atoms with Gasteiger partial charge in [-0.1, -0.05) is 158 Å². The quantitative estimate of drug-likeness (QED) is 0.187. The fourth-order valence-electron chi connectivity index (χ4n) is 7.82. The average Bonchev–Trinajstić information content (AvgIpc) is 3.58. The molecule has 10 aromatic rings. The van der Waals surface area contributed by atoms with Gasteiger partial charge in [-0.3, -0.25) is 0 Å². The van der Waals surface area contributed by atoms with Crippen molar-refractivity contribution in [2.75, 3.05) is 4.90 Å². The summed E-state index contributed by atoms with van der Waals surface area (Å²) >= 11 is 0. The highest BCUT2D eigenvalue weighted by molar-refractivity contribution is 6.24. The van der Waals surface area contributed by atoms with Crippen molar-refractivity contribution < 1.29 is 4.42 Å². The van der Waals surface area contributed by atoms with E-state index in [4.69, 9.17) is 4.42 Å². The summed E-state index contributed by atoms with van der Waals surface area (Å²) in [6.45, 7) is 0. The highest BCUT2D eigenvalue weighted by Gasteiger charge is 2.24. The zero-order chi connectivity index (χ0) is 33.0. The van der Waals surface area contributed by atoms with E-state index in [9.17, 15) is 0 Å². The van der Waals surface area contributed by atoms with Crippen LogP contribution in [0.2, 0.25) is 0 Å². The molecule has 2 heteroatoms. The van der Waals surface area contributed by atoms with Gasteiger partial charge >= 0.3 is 0 Å². The van der Waals surface area contributed by atoms with Crippen molar-refractivity contribution in [2.24, 2.45) is 0 Å². The molecule has 10 rings (SSSR count). The van der Waals surface area contributed by atoms with Crippen LogP contribution in [0.15, 0.2) is 192 Å². The Kier molecular flexibility index (Phi) is 6.53. The van der Waals surface area contributed by atoms with Crippen LogP contribution in [0.3, 0.4) is 0 Å². The molecular weight excluding hydrogens is 607 g/mol. The second kappa shape index (κ2) is 11.5. The van der Waals surface area contributed by atoms with E-state index in [1.54, 1.807) is 0 Å². The second-order valence-electron chi connectivity index (χ2n) is 12.8. The van der Waals surface area contributed by atoms with Gasteiger partial charge in [-0.25, -0.2) is 0 Å². The van der Waals surface area contributed by atoms with Gasteiger partial charge in [-0.05, 0) is 68.6 Å². The SMILES string of the molecule is c1ccc(-c2ccccc2N(c2cccc3ccccc23)c2cccc3oc4c5ccccc5c(-c5cccc6ccccc56)cc4c23)cc1. The normalized spacial score (nSPS) is 11.6. The van der Waals surface area contributed by atoms with E-state index in [1.165, 1.54) is 43.6 Å². The predicted octanol–water partition coefficient (Wildman–Crippen LogP) is 13.8. The molecular formula is C48H31NO. The number of nitrogens with zero attached hydrogens (tertiary/aromatic N) is 1. The van der Waals surface area contributed by atoms with Crippen LogP contribution in [-0.2, 0) is 0 Å². The summed E-state index contributed by atoms with van der Waals surface area (Å²) in [7, 11) is 0. The maximum atomic E-state index is 6.88. The fourth-order valence-corrected chi connectivity index (χ4v) is 7.82. The zero-order valence-corrected chi connectivity index (χ0v) is 27.3. The van der Waals surface area contributed by atoms with E-state index in [1.807, 2.05) is 0 Å². The van der Waals surface area contributed by atoms with Crippen molar-refractivity contribution in [3.05, 3.63) is 188 Å². The summed E-state index contributed by atoms with van der Waals surface area (Å²) in [4.78, 5) is 2.44. The number of anilines is 3. The molecule has 0 spiro atoms. The van der Waals surface area contributed by atoms with Gasteiger partial charge in [0, 0.05) is 21.7 Å². The Balaban J connectivity index is 1.34. The number of hydrogen-bond acceptors (Lipinski definition) is 2. The molecule has 1 aromatic heterocycles. The third-order valence-electron chi connectivity index (χ3n) is 10.0. The van der Waals surface area contributed by atoms with Crippen molar-refractivity contribution in [3.63, 3.8) is 0 Å². The van der Waals surface area contributed by atoms with E-state index in [0.29, 0.717) is 0 Å². The van der Waals surface area contributed by atoms with E-state index < -0.39 is 0 Å².